The van der Waals surface area contributed by atoms with E-state index in [1.807, 2.05) is 6.07 Å². The molecular formula is C25H34FN5O2. The van der Waals surface area contributed by atoms with E-state index >= 15 is 0 Å². The van der Waals surface area contributed by atoms with Crippen molar-refractivity contribution in [2.75, 3.05) is 20.2 Å². The van der Waals surface area contributed by atoms with E-state index in [0.29, 0.717) is 31.2 Å². The normalized spacial score (nSPS) is 25.7. The molecule has 3 aliphatic rings. The third-order valence-corrected chi connectivity index (χ3v) is 7.86. The second-order valence-corrected chi connectivity index (χ2v) is 9.76. The van der Waals surface area contributed by atoms with Gasteiger partial charge in [0.25, 0.3) is 0 Å². The highest BCUT2D eigenvalue weighted by atomic mass is 19.1. The van der Waals surface area contributed by atoms with Gasteiger partial charge in [-0.05, 0) is 56.7 Å². The summed E-state index contributed by atoms with van der Waals surface area (Å²) in [6, 6.07) is 7.98. The zero-order valence-electron chi connectivity index (χ0n) is 19.5. The molecule has 2 bridgehead atoms. The van der Waals surface area contributed by atoms with Crippen molar-refractivity contribution in [3.63, 3.8) is 0 Å². The molecule has 1 amide bonds. The largest absolute Gasteiger partial charge is 0.453 e. The summed E-state index contributed by atoms with van der Waals surface area (Å²) >= 11 is 0. The summed E-state index contributed by atoms with van der Waals surface area (Å²) in [5, 5.41) is 0. The van der Waals surface area contributed by atoms with E-state index in [0.717, 1.165) is 49.3 Å². The van der Waals surface area contributed by atoms with Gasteiger partial charge in [-0.25, -0.2) is 14.2 Å². The fourth-order valence-corrected chi connectivity index (χ4v) is 6.30. The summed E-state index contributed by atoms with van der Waals surface area (Å²) in [7, 11) is 1.44. The van der Waals surface area contributed by atoms with Gasteiger partial charge < -0.3 is 19.9 Å². The van der Waals surface area contributed by atoms with Gasteiger partial charge in [-0.1, -0.05) is 12.1 Å². The first-order valence-corrected chi connectivity index (χ1v) is 12.1. The van der Waals surface area contributed by atoms with Crippen molar-refractivity contribution in [1.82, 2.24) is 19.4 Å². The van der Waals surface area contributed by atoms with Gasteiger partial charge in [0, 0.05) is 43.7 Å². The summed E-state index contributed by atoms with van der Waals surface area (Å²) in [6.07, 6.45) is 5.94. The summed E-state index contributed by atoms with van der Waals surface area (Å²) in [5.74, 6) is 0.825. The standard InChI is InChI=1S/C25H34FN5O2/c1-16-28-23-9-10-29(25(32)33-2)15-24(23)31(16)21-13-19-6-7-20(14-21)30(19)11-8-22(27)17-4-3-5-18(26)12-17/h3-5,12,19-22H,6-11,13-15,27H2,1-2H3/t19?,20?,21?,22-/m0/s1. The topological polar surface area (TPSA) is 76.6 Å². The number of rotatable bonds is 5. The number of fused-ring (bicyclic) bond motifs is 3. The van der Waals surface area contributed by atoms with Crippen molar-refractivity contribution in [1.29, 1.82) is 0 Å². The molecule has 2 unspecified atom stereocenters. The minimum absolute atomic E-state index is 0.148. The van der Waals surface area contributed by atoms with Crippen LogP contribution in [0.2, 0.25) is 0 Å². The van der Waals surface area contributed by atoms with Crippen molar-refractivity contribution in [2.45, 2.75) is 76.2 Å². The third-order valence-electron chi connectivity index (χ3n) is 7.86. The fourth-order valence-electron chi connectivity index (χ4n) is 6.30. The Morgan fingerprint density at radius 1 is 1.27 bits per heavy atom. The van der Waals surface area contributed by atoms with Crippen LogP contribution >= 0.6 is 0 Å². The van der Waals surface area contributed by atoms with Crippen molar-refractivity contribution in [3.05, 3.63) is 52.9 Å². The van der Waals surface area contributed by atoms with Gasteiger partial charge >= 0.3 is 6.09 Å². The Kier molecular flexibility index (Phi) is 6.14. The third kappa shape index (κ3) is 4.26. The predicted octanol–water partition coefficient (Wildman–Crippen LogP) is 3.71. The van der Waals surface area contributed by atoms with Crippen molar-refractivity contribution >= 4 is 6.09 Å². The Morgan fingerprint density at radius 3 is 2.73 bits per heavy atom. The van der Waals surface area contributed by atoms with E-state index in [4.69, 9.17) is 15.5 Å². The van der Waals surface area contributed by atoms with Gasteiger partial charge in [0.2, 0.25) is 0 Å². The molecule has 0 radical (unpaired) electrons. The number of ether oxygens (including phenoxy) is 1. The lowest BCUT2D eigenvalue weighted by Crippen LogP contribution is -2.45. The number of carbonyl (C=O) groups excluding carboxylic acids is 1. The lowest BCUT2D eigenvalue weighted by molar-refractivity contribution is 0.0974. The first kappa shape index (κ1) is 22.3. The molecule has 3 atom stereocenters. The molecule has 2 saturated heterocycles. The lowest BCUT2D eigenvalue weighted by atomic mass is 9.95. The molecule has 0 aliphatic carbocycles. The van der Waals surface area contributed by atoms with Gasteiger partial charge in [-0.3, -0.25) is 4.90 Å². The number of nitrogens with zero attached hydrogens (tertiary/aromatic N) is 4. The average Bonchev–Trinajstić information content (AvgIpc) is 3.26. The van der Waals surface area contributed by atoms with Crippen LogP contribution in [0.4, 0.5) is 9.18 Å². The van der Waals surface area contributed by atoms with E-state index in [9.17, 15) is 9.18 Å². The SMILES string of the molecule is COC(=O)N1CCc2nc(C)n(C3CC4CCC(C3)N4CC[C@H](N)c3cccc(F)c3)c2C1. The number of halogens is 1. The number of hydrogen-bond donors (Lipinski definition) is 1. The van der Waals surface area contributed by atoms with Crippen LogP contribution in [0.15, 0.2) is 24.3 Å². The Labute approximate surface area is 194 Å². The maximum Gasteiger partial charge on any atom is 0.409 e. The maximum absolute atomic E-state index is 13.6. The molecule has 4 heterocycles. The van der Waals surface area contributed by atoms with Crippen molar-refractivity contribution < 1.29 is 13.9 Å². The van der Waals surface area contributed by atoms with Crippen LogP contribution in [0, 0.1) is 12.7 Å². The van der Waals surface area contributed by atoms with E-state index in [1.165, 1.54) is 31.7 Å². The smallest absolute Gasteiger partial charge is 0.409 e. The molecule has 2 aromatic rings. The molecule has 1 aromatic heterocycles. The monoisotopic (exact) mass is 455 g/mol. The minimum Gasteiger partial charge on any atom is -0.453 e. The number of aromatic nitrogens is 2. The highest BCUT2D eigenvalue weighted by molar-refractivity contribution is 5.67. The molecule has 5 rings (SSSR count). The van der Waals surface area contributed by atoms with E-state index in [-0.39, 0.29) is 18.0 Å². The number of amides is 1. The Morgan fingerprint density at radius 2 is 2.03 bits per heavy atom. The van der Waals surface area contributed by atoms with E-state index in [1.54, 1.807) is 17.0 Å². The first-order valence-electron chi connectivity index (χ1n) is 12.1. The highest BCUT2D eigenvalue weighted by Crippen LogP contribution is 2.42. The van der Waals surface area contributed by atoms with Crippen LogP contribution in [0.25, 0.3) is 0 Å². The number of imidazole rings is 1. The van der Waals surface area contributed by atoms with Crippen LogP contribution in [0.5, 0.6) is 0 Å². The summed E-state index contributed by atoms with van der Waals surface area (Å²) in [6.45, 7) is 4.26. The fraction of sp³-hybridized carbons (Fsp3) is 0.600. The van der Waals surface area contributed by atoms with Crippen LogP contribution in [0.3, 0.4) is 0 Å². The molecular weight excluding hydrogens is 421 g/mol. The molecule has 0 spiro atoms. The Balaban J connectivity index is 1.27. The quantitative estimate of drug-likeness (QED) is 0.744. The number of carbonyl (C=O) groups is 1. The molecule has 3 aliphatic heterocycles. The lowest BCUT2D eigenvalue weighted by Gasteiger charge is -2.41. The minimum atomic E-state index is -0.268. The first-order chi connectivity index (χ1) is 15.9. The summed E-state index contributed by atoms with van der Waals surface area (Å²) in [4.78, 5) is 21.4. The second-order valence-electron chi connectivity index (χ2n) is 9.76. The summed E-state index contributed by atoms with van der Waals surface area (Å²) < 4.78 is 20.9. The molecule has 8 heteroatoms. The highest BCUT2D eigenvalue weighted by Gasteiger charge is 2.42. The maximum atomic E-state index is 13.6. The number of nitrogens with two attached hydrogens (primary N) is 1. The van der Waals surface area contributed by atoms with E-state index < -0.39 is 0 Å². The van der Waals surface area contributed by atoms with Crippen molar-refractivity contribution in [3.8, 4) is 0 Å². The second kappa shape index (κ2) is 9.06. The predicted molar refractivity (Wildman–Crippen MR) is 123 cm³/mol. The average molecular weight is 456 g/mol. The van der Waals surface area contributed by atoms with Crippen molar-refractivity contribution in [2.24, 2.45) is 5.73 Å². The zero-order valence-corrected chi connectivity index (χ0v) is 19.5. The van der Waals surface area contributed by atoms with Gasteiger partial charge in [-0.15, -0.1) is 0 Å². The molecule has 178 valence electrons. The zero-order chi connectivity index (χ0) is 23.1. The number of methoxy groups -OCH3 is 1. The number of aryl methyl sites for hydroxylation is 1. The number of benzene rings is 1. The van der Waals surface area contributed by atoms with Gasteiger partial charge in [0.1, 0.15) is 11.6 Å². The van der Waals surface area contributed by atoms with Gasteiger partial charge in [-0.2, -0.15) is 0 Å². The van der Waals surface area contributed by atoms with Crippen LogP contribution < -0.4 is 5.73 Å². The van der Waals surface area contributed by atoms with Crippen LogP contribution in [0.1, 0.15) is 67.0 Å². The molecule has 7 nitrogen and oxygen atoms in total. The molecule has 2 fully saturated rings. The van der Waals surface area contributed by atoms with Gasteiger partial charge in [0.15, 0.2) is 0 Å². The number of piperidine rings is 1. The number of hydrogen-bond acceptors (Lipinski definition) is 5. The molecule has 2 N–H and O–H groups in total. The van der Waals surface area contributed by atoms with Crippen LogP contribution in [-0.2, 0) is 17.7 Å². The molecule has 1 aromatic carbocycles. The van der Waals surface area contributed by atoms with E-state index in [2.05, 4.69) is 16.4 Å². The van der Waals surface area contributed by atoms with Crippen LogP contribution in [-0.4, -0.2) is 57.7 Å². The molecule has 0 saturated carbocycles. The summed E-state index contributed by atoms with van der Waals surface area (Å²) in [5.41, 5.74) is 9.57. The Bertz CT molecular complexity index is 1010. The Hall–Kier alpha value is -2.45. The molecule has 33 heavy (non-hydrogen) atoms. The van der Waals surface area contributed by atoms with Gasteiger partial charge in [0.05, 0.1) is 25.0 Å².